The minimum Gasteiger partial charge on any atom is -0.501 e. The Morgan fingerprint density at radius 3 is 2.71 bits per heavy atom. The van der Waals surface area contributed by atoms with Gasteiger partial charge in [0.15, 0.2) is 0 Å². The van der Waals surface area contributed by atoms with E-state index in [-0.39, 0.29) is 11.1 Å². The Hall–Kier alpha value is -2.27. The Morgan fingerprint density at radius 2 is 2.05 bits per heavy atom. The maximum atomic E-state index is 11.2. The van der Waals surface area contributed by atoms with Gasteiger partial charge in [-0.1, -0.05) is 42.0 Å². The van der Waals surface area contributed by atoms with Gasteiger partial charge in [0, 0.05) is 6.42 Å². The molecule has 0 fully saturated rings. The van der Waals surface area contributed by atoms with Gasteiger partial charge >= 0.3 is 11.9 Å². The number of rotatable bonds is 6. The molecule has 5 nitrogen and oxygen atoms in total. The van der Waals surface area contributed by atoms with Crippen molar-refractivity contribution >= 4 is 23.5 Å². The second-order valence-electron chi connectivity index (χ2n) is 3.97. The second-order valence-corrected chi connectivity index (χ2v) is 4.38. The molecule has 0 unspecified atom stereocenters. The van der Waals surface area contributed by atoms with E-state index in [9.17, 15) is 9.59 Å². The summed E-state index contributed by atoms with van der Waals surface area (Å²) in [5.74, 6) is -1.02. The molecular formula is C15H15ClO5. The molecule has 1 aliphatic heterocycles. The first-order chi connectivity index (χ1) is 10.0. The standard InChI is InChI=1S/C15H15ClO5/c1-20-12-9-11(21-14(17)10-12)7-5-3-2-4-6-8-13(16)15(18)19/h2-8,10-11H,9H2,1H3,(H,18,19)/b3-2+,6-4+,7-5+,13-8+/t11-/m1/s1. The summed E-state index contributed by atoms with van der Waals surface area (Å²) in [4.78, 5) is 21.6. The highest BCUT2D eigenvalue weighted by Gasteiger charge is 2.19. The van der Waals surface area contributed by atoms with Gasteiger partial charge in [0.1, 0.15) is 16.9 Å². The van der Waals surface area contributed by atoms with E-state index in [0.29, 0.717) is 12.2 Å². The Labute approximate surface area is 127 Å². The van der Waals surface area contributed by atoms with Crippen LogP contribution < -0.4 is 0 Å². The zero-order chi connectivity index (χ0) is 15.7. The van der Waals surface area contributed by atoms with Crippen molar-refractivity contribution < 1.29 is 24.2 Å². The minimum atomic E-state index is -1.17. The van der Waals surface area contributed by atoms with E-state index in [4.69, 9.17) is 26.2 Å². The smallest absolute Gasteiger partial charge is 0.347 e. The van der Waals surface area contributed by atoms with Crippen LogP contribution in [0.15, 0.2) is 59.4 Å². The number of carbonyl (C=O) groups excluding carboxylic acids is 1. The average Bonchev–Trinajstić information content (AvgIpc) is 2.45. The Morgan fingerprint density at radius 1 is 1.38 bits per heavy atom. The van der Waals surface area contributed by atoms with Crippen molar-refractivity contribution in [3.05, 3.63) is 59.4 Å². The van der Waals surface area contributed by atoms with Crippen LogP contribution in [0, 0.1) is 0 Å². The van der Waals surface area contributed by atoms with E-state index in [1.165, 1.54) is 25.3 Å². The number of allylic oxidation sites excluding steroid dienone is 6. The van der Waals surface area contributed by atoms with E-state index in [2.05, 4.69) is 0 Å². The average molecular weight is 311 g/mol. The third kappa shape index (κ3) is 6.63. The fourth-order valence-corrected chi connectivity index (χ4v) is 1.53. The van der Waals surface area contributed by atoms with Crippen LogP contribution in [0.25, 0.3) is 0 Å². The van der Waals surface area contributed by atoms with Crippen LogP contribution in [0.3, 0.4) is 0 Å². The highest BCUT2D eigenvalue weighted by molar-refractivity contribution is 6.41. The number of carboxylic acids is 1. The zero-order valence-electron chi connectivity index (χ0n) is 11.4. The zero-order valence-corrected chi connectivity index (χ0v) is 12.1. The van der Waals surface area contributed by atoms with E-state index >= 15 is 0 Å². The number of esters is 1. The van der Waals surface area contributed by atoms with Crippen LogP contribution in [0.4, 0.5) is 0 Å². The maximum absolute atomic E-state index is 11.2. The van der Waals surface area contributed by atoms with Crippen molar-refractivity contribution in [1.29, 1.82) is 0 Å². The second kappa shape index (κ2) is 8.81. The Balaban J connectivity index is 2.45. The van der Waals surface area contributed by atoms with E-state index in [1.807, 2.05) is 0 Å². The molecule has 0 radical (unpaired) electrons. The number of ether oxygens (including phenoxy) is 2. The largest absolute Gasteiger partial charge is 0.501 e. The van der Waals surface area contributed by atoms with Crippen LogP contribution in [0.1, 0.15) is 6.42 Å². The van der Waals surface area contributed by atoms with Gasteiger partial charge in [-0.15, -0.1) is 0 Å². The lowest BCUT2D eigenvalue weighted by molar-refractivity contribution is -0.142. The molecule has 0 spiro atoms. The van der Waals surface area contributed by atoms with Gasteiger partial charge < -0.3 is 14.6 Å². The van der Waals surface area contributed by atoms with Crippen molar-refractivity contribution in [3.63, 3.8) is 0 Å². The minimum absolute atomic E-state index is 0.261. The van der Waals surface area contributed by atoms with Crippen molar-refractivity contribution in [1.82, 2.24) is 0 Å². The molecule has 0 aromatic rings. The molecule has 112 valence electrons. The molecule has 1 heterocycles. The van der Waals surface area contributed by atoms with E-state index in [0.717, 1.165) is 0 Å². The maximum Gasteiger partial charge on any atom is 0.347 e. The molecule has 1 N–H and O–H groups in total. The molecule has 0 amide bonds. The summed E-state index contributed by atoms with van der Waals surface area (Å²) in [6, 6.07) is 0. The summed E-state index contributed by atoms with van der Waals surface area (Å²) in [5.41, 5.74) is 0. The van der Waals surface area contributed by atoms with Crippen LogP contribution in [-0.2, 0) is 19.1 Å². The first-order valence-corrected chi connectivity index (χ1v) is 6.46. The molecule has 6 heteroatoms. The SMILES string of the molecule is COC1=CC(=O)O[C@H](/C=C/C=C/C=C/C=C(/Cl)C(=O)O)C1. The number of cyclic esters (lactones) is 1. The summed E-state index contributed by atoms with van der Waals surface area (Å²) in [6.07, 6.45) is 12.7. The van der Waals surface area contributed by atoms with Gasteiger partial charge in [0.25, 0.3) is 0 Å². The lowest BCUT2D eigenvalue weighted by Gasteiger charge is -2.19. The van der Waals surface area contributed by atoms with Crippen molar-refractivity contribution in [3.8, 4) is 0 Å². The molecule has 1 atom stereocenters. The number of carbonyl (C=O) groups is 2. The number of hydrogen-bond acceptors (Lipinski definition) is 4. The number of aliphatic carboxylic acids is 1. The fraction of sp³-hybridized carbons (Fsp3) is 0.200. The first kappa shape index (κ1) is 16.8. The first-order valence-electron chi connectivity index (χ1n) is 6.08. The molecule has 0 saturated heterocycles. The third-order valence-corrected chi connectivity index (χ3v) is 2.72. The Kier molecular flexibility index (Phi) is 7.04. The Bertz CT molecular complexity index is 540. The molecule has 1 aliphatic rings. The summed E-state index contributed by atoms with van der Waals surface area (Å²) in [7, 11) is 1.51. The van der Waals surface area contributed by atoms with Gasteiger partial charge in [0.05, 0.1) is 13.2 Å². The fourth-order valence-electron chi connectivity index (χ4n) is 1.45. The van der Waals surface area contributed by atoms with Gasteiger partial charge in [0.2, 0.25) is 0 Å². The number of carboxylic acid groups (broad SMARTS) is 1. The topological polar surface area (TPSA) is 72.8 Å². The van der Waals surface area contributed by atoms with Gasteiger partial charge in [-0.2, -0.15) is 0 Å². The van der Waals surface area contributed by atoms with Crippen LogP contribution in [0.5, 0.6) is 0 Å². The van der Waals surface area contributed by atoms with Gasteiger partial charge in [-0.25, -0.2) is 9.59 Å². The summed E-state index contributed by atoms with van der Waals surface area (Å²) in [6.45, 7) is 0. The molecule has 0 aromatic carbocycles. The summed E-state index contributed by atoms with van der Waals surface area (Å²) >= 11 is 5.41. The molecular weight excluding hydrogens is 296 g/mol. The van der Waals surface area contributed by atoms with E-state index in [1.54, 1.807) is 30.4 Å². The number of methoxy groups -OCH3 is 1. The molecule has 21 heavy (non-hydrogen) atoms. The highest BCUT2D eigenvalue weighted by Crippen LogP contribution is 2.16. The molecule has 1 rings (SSSR count). The number of hydrogen-bond donors (Lipinski definition) is 1. The van der Waals surface area contributed by atoms with Crippen molar-refractivity contribution in [2.24, 2.45) is 0 Å². The lowest BCUT2D eigenvalue weighted by Crippen LogP contribution is -2.21. The third-order valence-electron chi connectivity index (χ3n) is 2.43. The number of halogens is 1. The quantitative estimate of drug-likeness (QED) is 0.464. The van der Waals surface area contributed by atoms with Crippen molar-refractivity contribution in [2.75, 3.05) is 7.11 Å². The highest BCUT2D eigenvalue weighted by atomic mass is 35.5. The van der Waals surface area contributed by atoms with Crippen LogP contribution >= 0.6 is 11.6 Å². The van der Waals surface area contributed by atoms with Crippen molar-refractivity contribution in [2.45, 2.75) is 12.5 Å². The monoisotopic (exact) mass is 310 g/mol. The van der Waals surface area contributed by atoms with Gasteiger partial charge in [-0.3, -0.25) is 0 Å². The summed E-state index contributed by atoms with van der Waals surface area (Å²) < 4.78 is 10.1. The molecule has 0 aromatic heterocycles. The predicted molar refractivity (Wildman–Crippen MR) is 78.6 cm³/mol. The lowest BCUT2D eigenvalue weighted by atomic mass is 10.1. The predicted octanol–water partition coefficient (Wildman–Crippen LogP) is 2.71. The van der Waals surface area contributed by atoms with Gasteiger partial charge in [-0.05, 0) is 12.2 Å². The van der Waals surface area contributed by atoms with Crippen LogP contribution in [0.2, 0.25) is 0 Å². The molecule has 0 bridgehead atoms. The summed E-state index contributed by atoms with van der Waals surface area (Å²) in [5, 5.41) is 8.25. The normalized spacial score (nSPS) is 20.1. The molecule has 0 saturated carbocycles. The van der Waals surface area contributed by atoms with E-state index < -0.39 is 11.9 Å². The molecule has 0 aliphatic carbocycles. The van der Waals surface area contributed by atoms with Crippen LogP contribution in [-0.4, -0.2) is 30.3 Å².